The number of fused-ring (bicyclic) bond motifs is 1. The number of nitrogens with one attached hydrogen (secondary N) is 1. The summed E-state index contributed by atoms with van der Waals surface area (Å²) >= 11 is 0. The Kier molecular flexibility index (Phi) is 3.86. The van der Waals surface area contributed by atoms with E-state index in [0.717, 1.165) is 19.7 Å². The number of rotatable bonds is 4. The molecule has 2 saturated heterocycles. The molecule has 19 heavy (non-hydrogen) atoms. The van der Waals surface area contributed by atoms with Gasteiger partial charge >= 0.3 is 0 Å². The predicted molar refractivity (Wildman–Crippen MR) is 74.0 cm³/mol. The van der Waals surface area contributed by atoms with E-state index in [4.69, 9.17) is 4.74 Å². The van der Waals surface area contributed by atoms with Gasteiger partial charge in [0, 0.05) is 25.3 Å². The van der Waals surface area contributed by atoms with Gasteiger partial charge in [0.05, 0.1) is 24.4 Å². The Morgan fingerprint density at radius 2 is 2.47 bits per heavy atom. The highest BCUT2D eigenvalue weighted by Crippen LogP contribution is 2.28. The standard InChI is InChI=1S/C14H24N4O/c1-3-18-12(6-7-16-18)14(15-2)13-9-17-8-4-5-11(17)10-19-13/h6-7,11,13-15H,3-5,8-10H2,1-2H3. The minimum Gasteiger partial charge on any atom is -0.373 e. The summed E-state index contributed by atoms with van der Waals surface area (Å²) < 4.78 is 8.18. The molecule has 0 bridgehead atoms. The minimum absolute atomic E-state index is 0.223. The zero-order chi connectivity index (χ0) is 13.2. The molecule has 1 aromatic rings. The lowest BCUT2D eigenvalue weighted by Crippen LogP contribution is -2.50. The van der Waals surface area contributed by atoms with Crippen LogP contribution in [0.15, 0.2) is 12.3 Å². The molecule has 0 aliphatic carbocycles. The van der Waals surface area contributed by atoms with Crippen molar-refractivity contribution in [2.75, 3.05) is 26.7 Å². The molecule has 106 valence electrons. The molecule has 3 atom stereocenters. The molecule has 0 aromatic carbocycles. The summed E-state index contributed by atoms with van der Waals surface area (Å²) in [6.45, 7) is 6.17. The molecule has 5 nitrogen and oxygen atoms in total. The fraction of sp³-hybridized carbons (Fsp3) is 0.786. The first-order valence-corrected chi connectivity index (χ1v) is 7.38. The van der Waals surface area contributed by atoms with Crippen LogP contribution >= 0.6 is 0 Å². The Morgan fingerprint density at radius 1 is 1.58 bits per heavy atom. The van der Waals surface area contributed by atoms with Crippen LogP contribution in [0.25, 0.3) is 0 Å². The summed E-state index contributed by atoms with van der Waals surface area (Å²) in [4.78, 5) is 2.59. The van der Waals surface area contributed by atoms with Crippen molar-refractivity contribution in [1.82, 2.24) is 20.0 Å². The number of aromatic nitrogens is 2. The maximum absolute atomic E-state index is 6.12. The smallest absolute Gasteiger partial charge is 0.0912 e. The van der Waals surface area contributed by atoms with Gasteiger partial charge in [0.15, 0.2) is 0 Å². The zero-order valence-corrected chi connectivity index (χ0v) is 11.9. The highest BCUT2D eigenvalue weighted by Gasteiger charge is 2.36. The molecule has 3 heterocycles. The van der Waals surface area contributed by atoms with Gasteiger partial charge in [-0.2, -0.15) is 5.10 Å². The Balaban J connectivity index is 1.75. The fourth-order valence-corrected chi connectivity index (χ4v) is 3.44. The van der Waals surface area contributed by atoms with E-state index in [2.05, 4.69) is 33.0 Å². The van der Waals surface area contributed by atoms with Gasteiger partial charge in [0.25, 0.3) is 0 Å². The highest BCUT2D eigenvalue weighted by atomic mass is 16.5. The zero-order valence-electron chi connectivity index (χ0n) is 11.9. The lowest BCUT2D eigenvalue weighted by molar-refractivity contribution is -0.0654. The van der Waals surface area contributed by atoms with Crippen molar-refractivity contribution in [3.8, 4) is 0 Å². The maximum atomic E-state index is 6.12. The van der Waals surface area contributed by atoms with E-state index < -0.39 is 0 Å². The Labute approximate surface area is 114 Å². The van der Waals surface area contributed by atoms with Gasteiger partial charge in [-0.05, 0) is 39.4 Å². The fourth-order valence-electron chi connectivity index (χ4n) is 3.44. The van der Waals surface area contributed by atoms with E-state index in [-0.39, 0.29) is 12.1 Å². The van der Waals surface area contributed by atoms with Crippen molar-refractivity contribution in [1.29, 1.82) is 0 Å². The van der Waals surface area contributed by atoms with Crippen LogP contribution in [0.5, 0.6) is 0 Å². The molecule has 0 amide bonds. The number of aryl methyl sites for hydroxylation is 1. The SMILES string of the molecule is CCn1nccc1C(NC)C1CN2CCCC2CO1. The largest absolute Gasteiger partial charge is 0.373 e. The number of morpholine rings is 1. The molecule has 3 rings (SSSR count). The average molecular weight is 264 g/mol. The van der Waals surface area contributed by atoms with Crippen molar-refractivity contribution in [3.63, 3.8) is 0 Å². The predicted octanol–water partition coefficient (Wildman–Crippen LogP) is 1.03. The van der Waals surface area contributed by atoms with Crippen molar-refractivity contribution >= 4 is 0 Å². The van der Waals surface area contributed by atoms with Crippen LogP contribution in [-0.2, 0) is 11.3 Å². The first kappa shape index (κ1) is 13.1. The van der Waals surface area contributed by atoms with E-state index in [9.17, 15) is 0 Å². The van der Waals surface area contributed by atoms with Gasteiger partial charge in [-0.25, -0.2) is 0 Å². The third-order valence-corrected chi connectivity index (χ3v) is 4.47. The molecule has 2 fully saturated rings. The van der Waals surface area contributed by atoms with Gasteiger partial charge in [-0.1, -0.05) is 0 Å². The molecule has 5 heteroatoms. The molecule has 3 unspecified atom stereocenters. The number of ether oxygens (including phenoxy) is 1. The van der Waals surface area contributed by atoms with Crippen molar-refractivity contribution < 1.29 is 4.74 Å². The van der Waals surface area contributed by atoms with Crippen LogP contribution in [-0.4, -0.2) is 53.6 Å². The van der Waals surface area contributed by atoms with Crippen molar-refractivity contribution in [3.05, 3.63) is 18.0 Å². The quantitative estimate of drug-likeness (QED) is 0.882. The number of nitrogens with zero attached hydrogens (tertiary/aromatic N) is 3. The summed E-state index contributed by atoms with van der Waals surface area (Å²) in [5, 5.41) is 7.79. The third kappa shape index (κ3) is 2.42. The number of hydrogen-bond acceptors (Lipinski definition) is 4. The average Bonchev–Trinajstić information content (AvgIpc) is 3.07. The second-order valence-electron chi connectivity index (χ2n) is 5.50. The Morgan fingerprint density at radius 3 is 3.26 bits per heavy atom. The van der Waals surface area contributed by atoms with Crippen molar-refractivity contribution in [2.24, 2.45) is 0 Å². The molecule has 0 saturated carbocycles. The summed E-state index contributed by atoms with van der Waals surface area (Å²) in [6, 6.07) is 2.98. The van der Waals surface area contributed by atoms with Crippen LogP contribution in [0.4, 0.5) is 0 Å². The molecule has 1 aromatic heterocycles. The first-order chi connectivity index (χ1) is 9.33. The summed E-state index contributed by atoms with van der Waals surface area (Å²) in [6.07, 6.45) is 4.72. The summed E-state index contributed by atoms with van der Waals surface area (Å²) in [7, 11) is 2.01. The van der Waals surface area contributed by atoms with Crippen LogP contribution < -0.4 is 5.32 Å². The van der Waals surface area contributed by atoms with E-state index in [0.29, 0.717) is 6.04 Å². The maximum Gasteiger partial charge on any atom is 0.0912 e. The lowest BCUT2D eigenvalue weighted by Gasteiger charge is -2.38. The van der Waals surface area contributed by atoms with E-state index in [1.165, 1.54) is 25.1 Å². The molecule has 0 spiro atoms. The topological polar surface area (TPSA) is 42.3 Å². The van der Waals surface area contributed by atoms with Gasteiger partial charge in [0.1, 0.15) is 0 Å². The summed E-state index contributed by atoms with van der Waals surface area (Å²) in [5.74, 6) is 0. The van der Waals surface area contributed by atoms with Crippen LogP contribution in [0.3, 0.4) is 0 Å². The summed E-state index contributed by atoms with van der Waals surface area (Å²) in [5.41, 5.74) is 1.23. The molecular weight excluding hydrogens is 240 g/mol. The van der Waals surface area contributed by atoms with Crippen LogP contribution in [0.2, 0.25) is 0 Å². The monoisotopic (exact) mass is 264 g/mol. The van der Waals surface area contributed by atoms with Crippen LogP contribution in [0.1, 0.15) is 31.5 Å². The highest BCUT2D eigenvalue weighted by molar-refractivity contribution is 5.10. The molecule has 0 radical (unpaired) electrons. The Bertz CT molecular complexity index is 419. The number of likely N-dealkylation sites (N-methyl/N-ethyl adjacent to an activating group) is 1. The normalized spacial score (nSPS) is 29.4. The van der Waals surface area contributed by atoms with Gasteiger partial charge < -0.3 is 10.1 Å². The van der Waals surface area contributed by atoms with Crippen molar-refractivity contribution in [2.45, 2.75) is 44.5 Å². The lowest BCUT2D eigenvalue weighted by atomic mass is 10.0. The second kappa shape index (κ2) is 5.61. The molecule has 2 aliphatic rings. The van der Waals surface area contributed by atoms with Crippen LogP contribution in [0, 0.1) is 0 Å². The van der Waals surface area contributed by atoms with E-state index >= 15 is 0 Å². The first-order valence-electron chi connectivity index (χ1n) is 7.38. The van der Waals surface area contributed by atoms with Gasteiger partial charge in [0.2, 0.25) is 0 Å². The number of hydrogen-bond donors (Lipinski definition) is 1. The molecule has 1 N–H and O–H groups in total. The van der Waals surface area contributed by atoms with Gasteiger partial charge in [-0.15, -0.1) is 0 Å². The second-order valence-corrected chi connectivity index (χ2v) is 5.50. The molecular formula is C14H24N4O. The minimum atomic E-state index is 0.223. The van der Waals surface area contributed by atoms with E-state index in [1.54, 1.807) is 0 Å². The Hall–Kier alpha value is -0.910. The van der Waals surface area contributed by atoms with E-state index in [1.807, 2.05) is 13.2 Å². The van der Waals surface area contributed by atoms with Gasteiger partial charge in [-0.3, -0.25) is 9.58 Å². The third-order valence-electron chi connectivity index (χ3n) is 4.47. The molecule has 2 aliphatic heterocycles.